The predicted octanol–water partition coefficient (Wildman–Crippen LogP) is 4.10. The van der Waals surface area contributed by atoms with Crippen LogP contribution in [0, 0.1) is 0 Å². The van der Waals surface area contributed by atoms with Gasteiger partial charge in [0.05, 0.1) is 13.2 Å². The predicted molar refractivity (Wildman–Crippen MR) is 128 cm³/mol. The van der Waals surface area contributed by atoms with E-state index in [1.54, 1.807) is 6.08 Å². The number of carbonyl (C=O) groups is 2. The van der Waals surface area contributed by atoms with E-state index in [-0.39, 0.29) is 11.8 Å². The lowest BCUT2D eigenvalue weighted by molar-refractivity contribution is -0.121. The first kappa shape index (κ1) is 27.3. The van der Waals surface area contributed by atoms with Crippen LogP contribution in [0.3, 0.4) is 0 Å². The molecule has 0 aromatic rings. The van der Waals surface area contributed by atoms with E-state index < -0.39 is 0 Å². The summed E-state index contributed by atoms with van der Waals surface area (Å²) in [6, 6.07) is 0. The Morgan fingerprint density at radius 3 is 2.30 bits per heavy atom. The summed E-state index contributed by atoms with van der Waals surface area (Å²) in [6.45, 7) is 7.29. The average Bonchev–Trinajstić information content (AvgIpc) is 3.26. The van der Waals surface area contributed by atoms with Crippen molar-refractivity contribution in [1.29, 1.82) is 0 Å². The molecule has 1 aliphatic rings. The van der Waals surface area contributed by atoms with Crippen molar-refractivity contribution in [2.45, 2.75) is 69.5 Å². The van der Waals surface area contributed by atoms with E-state index in [4.69, 9.17) is 9.47 Å². The minimum absolute atomic E-state index is 0.0816. The Hall–Kier alpha value is -0.700. The second-order valence-electron chi connectivity index (χ2n) is 7.41. The molecule has 0 aliphatic carbocycles. The maximum atomic E-state index is 11.8. The molecule has 174 valence electrons. The number of rotatable bonds is 20. The van der Waals surface area contributed by atoms with E-state index in [2.05, 4.69) is 17.2 Å². The molecule has 1 heterocycles. The van der Waals surface area contributed by atoms with Crippen LogP contribution in [0.15, 0.2) is 12.7 Å². The van der Waals surface area contributed by atoms with Gasteiger partial charge in [0.2, 0.25) is 11.8 Å². The number of carbonyl (C=O) groups excluding carboxylic acids is 2. The fraction of sp³-hybridized carbons (Fsp3) is 0.818. The zero-order valence-corrected chi connectivity index (χ0v) is 20.0. The molecule has 0 saturated carbocycles. The maximum Gasteiger partial charge on any atom is 0.220 e. The van der Waals surface area contributed by atoms with Crippen LogP contribution in [0.25, 0.3) is 0 Å². The smallest absolute Gasteiger partial charge is 0.220 e. The lowest BCUT2D eigenvalue weighted by atomic mass is 10.1. The number of hydrogen-bond donors (Lipinski definition) is 2. The summed E-state index contributed by atoms with van der Waals surface area (Å²) in [5, 5.41) is 6.54. The molecule has 0 aromatic carbocycles. The molecule has 1 atom stereocenters. The van der Waals surface area contributed by atoms with Crippen molar-refractivity contribution < 1.29 is 19.1 Å². The molecule has 0 unspecified atom stereocenters. The zero-order valence-electron chi connectivity index (χ0n) is 18.3. The molecule has 0 bridgehead atoms. The molecule has 6 nitrogen and oxygen atoms in total. The number of hydrogen-bond acceptors (Lipinski definition) is 6. The average molecular weight is 461 g/mol. The first-order chi connectivity index (χ1) is 14.7. The van der Waals surface area contributed by atoms with Crippen LogP contribution in [-0.4, -0.2) is 62.3 Å². The van der Waals surface area contributed by atoms with Crippen molar-refractivity contribution in [3.8, 4) is 0 Å². The van der Waals surface area contributed by atoms with Crippen LogP contribution in [0.1, 0.15) is 64.2 Å². The van der Waals surface area contributed by atoms with Crippen molar-refractivity contribution in [1.82, 2.24) is 10.6 Å². The SMILES string of the molecule is C=CCNC(=O)CCCCCOCCOCCCNC(=O)CCCC[C@@H]1CCSS1. The standard InChI is InChI=1S/C22H40N2O4S2/c1-2-13-23-21(25)10-4-3-7-15-27-17-18-28-16-8-14-24-22(26)11-6-5-9-20-12-19-29-30-20/h2,20H,1,3-19H2,(H,23,25)(H,24,26)/t20-/m1/s1. The second-order valence-corrected chi connectivity index (χ2v) is 10.2. The van der Waals surface area contributed by atoms with Crippen molar-refractivity contribution in [2.24, 2.45) is 0 Å². The largest absolute Gasteiger partial charge is 0.379 e. The third kappa shape index (κ3) is 17.0. The fourth-order valence-corrected chi connectivity index (χ4v) is 6.00. The molecule has 1 saturated heterocycles. The molecule has 1 fully saturated rings. The highest BCUT2D eigenvalue weighted by Gasteiger charge is 2.15. The van der Waals surface area contributed by atoms with Crippen molar-refractivity contribution >= 4 is 33.4 Å². The molecule has 2 amide bonds. The van der Waals surface area contributed by atoms with Crippen LogP contribution in [-0.2, 0) is 19.1 Å². The third-order valence-electron chi connectivity index (χ3n) is 4.70. The van der Waals surface area contributed by atoms with Crippen LogP contribution < -0.4 is 10.6 Å². The van der Waals surface area contributed by atoms with Crippen LogP contribution in [0.4, 0.5) is 0 Å². The lowest BCUT2D eigenvalue weighted by Gasteiger charge is -2.08. The van der Waals surface area contributed by atoms with Gasteiger partial charge in [-0.25, -0.2) is 0 Å². The summed E-state index contributed by atoms with van der Waals surface area (Å²) >= 11 is 0. The Kier molecular flexibility index (Phi) is 18.4. The first-order valence-electron chi connectivity index (χ1n) is 11.3. The quantitative estimate of drug-likeness (QED) is 0.162. The highest BCUT2D eigenvalue weighted by molar-refractivity contribution is 8.77. The normalized spacial score (nSPS) is 15.8. The van der Waals surface area contributed by atoms with Gasteiger partial charge in [0, 0.05) is 50.1 Å². The summed E-state index contributed by atoms with van der Waals surface area (Å²) in [4.78, 5) is 23.2. The van der Waals surface area contributed by atoms with E-state index in [9.17, 15) is 9.59 Å². The van der Waals surface area contributed by atoms with Gasteiger partial charge in [-0.15, -0.1) is 6.58 Å². The number of amides is 2. The van der Waals surface area contributed by atoms with Gasteiger partial charge in [0.1, 0.15) is 0 Å². The highest BCUT2D eigenvalue weighted by atomic mass is 33.1. The topological polar surface area (TPSA) is 76.7 Å². The summed E-state index contributed by atoms with van der Waals surface area (Å²) in [7, 11) is 3.99. The van der Waals surface area contributed by atoms with E-state index >= 15 is 0 Å². The second kappa shape index (κ2) is 20.2. The Bertz CT molecular complexity index is 460. The third-order valence-corrected chi connectivity index (χ3v) is 7.71. The van der Waals surface area contributed by atoms with Gasteiger partial charge in [-0.3, -0.25) is 9.59 Å². The van der Waals surface area contributed by atoms with Crippen molar-refractivity contribution in [3.63, 3.8) is 0 Å². The first-order valence-corrected chi connectivity index (χ1v) is 13.7. The number of unbranched alkanes of at least 4 members (excludes halogenated alkanes) is 3. The molecule has 0 aromatic heterocycles. The van der Waals surface area contributed by atoms with Crippen LogP contribution >= 0.6 is 21.6 Å². The van der Waals surface area contributed by atoms with Crippen LogP contribution in [0.5, 0.6) is 0 Å². The maximum absolute atomic E-state index is 11.8. The molecular formula is C22H40N2O4S2. The monoisotopic (exact) mass is 460 g/mol. The van der Waals surface area contributed by atoms with Crippen LogP contribution in [0.2, 0.25) is 0 Å². The summed E-state index contributed by atoms with van der Waals surface area (Å²) in [5.74, 6) is 1.52. The molecule has 2 N–H and O–H groups in total. The van der Waals surface area contributed by atoms with E-state index in [1.165, 1.54) is 18.6 Å². The Morgan fingerprint density at radius 2 is 1.60 bits per heavy atom. The molecular weight excluding hydrogens is 420 g/mol. The molecule has 1 aliphatic heterocycles. The van der Waals surface area contributed by atoms with E-state index in [1.807, 2.05) is 21.6 Å². The van der Waals surface area contributed by atoms with Gasteiger partial charge in [-0.1, -0.05) is 40.5 Å². The Morgan fingerprint density at radius 1 is 0.900 bits per heavy atom. The number of ether oxygens (including phenoxy) is 2. The summed E-state index contributed by atoms with van der Waals surface area (Å²) in [5.41, 5.74) is 0. The summed E-state index contributed by atoms with van der Waals surface area (Å²) in [6.07, 6.45) is 11.2. The lowest BCUT2D eigenvalue weighted by Crippen LogP contribution is -2.25. The van der Waals surface area contributed by atoms with Gasteiger partial charge >= 0.3 is 0 Å². The van der Waals surface area contributed by atoms with E-state index in [0.717, 1.165) is 43.8 Å². The zero-order chi connectivity index (χ0) is 21.7. The highest BCUT2D eigenvalue weighted by Crippen LogP contribution is 2.39. The fourth-order valence-electron chi connectivity index (χ4n) is 2.98. The Labute approximate surface area is 190 Å². The van der Waals surface area contributed by atoms with Gasteiger partial charge < -0.3 is 20.1 Å². The van der Waals surface area contributed by atoms with Gasteiger partial charge in [0.15, 0.2) is 0 Å². The van der Waals surface area contributed by atoms with Crippen molar-refractivity contribution in [2.75, 3.05) is 45.3 Å². The summed E-state index contributed by atoms with van der Waals surface area (Å²) < 4.78 is 11.1. The van der Waals surface area contributed by atoms with Gasteiger partial charge in [0.25, 0.3) is 0 Å². The minimum Gasteiger partial charge on any atom is -0.379 e. The van der Waals surface area contributed by atoms with E-state index in [0.29, 0.717) is 52.4 Å². The molecule has 1 rings (SSSR count). The Balaban J connectivity index is 1.73. The number of nitrogens with one attached hydrogen (secondary N) is 2. The van der Waals surface area contributed by atoms with Gasteiger partial charge in [-0.05, 0) is 38.5 Å². The molecule has 8 heteroatoms. The molecule has 0 radical (unpaired) electrons. The van der Waals surface area contributed by atoms with Crippen molar-refractivity contribution in [3.05, 3.63) is 12.7 Å². The molecule has 30 heavy (non-hydrogen) atoms. The molecule has 0 spiro atoms. The minimum atomic E-state index is 0.0816. The van der Waals surface area contributed by atoms with Gasteiger partial charge in [-0.2, -0.15) is 0 Å².